The number of aryl methyl sites for hydroxylation is 1. The molecule has 3 aromatic carbocycles. The second kappa shape index (κ2) is 11.3. The third-order valence-electron chi connectivity index (χ3n) is 7.87. The summed E-state index contributed by atoms with van der Waals surface area (Å²) >= 11 is 0. The second-order valence-corrected chi connectivity index (χ2v) is 12.0. The molecule has 200 valence electrons. The summed E-state index contributed by atoms with van der Waals surface area (Å²) in [5, 5.41) is 7.38. The van der Waals surface area contributed by atoms with Crippen LogP contribution < -0.4 is 10.6 Å². The lowest BCUT2D eigenvalue weighted by Crippen LogP contribution is -2.50. The largest absolute Gasteiger partial charge is 0.321 e. The maximum Gasteiger partial charge on any atom is 0.267 e. The molecule has 0 bridgehead atoms. The standard InChI is InChI=1S/C30H35N3O4S/c1-2-21-9-5-6-12-24(21)29(34)32-27-15-16-28(26-14-8-7-13-25(26)27)38(36,37)33(23-17-19-31-20-18-23)30(35)22-10-3-4-11-22/h5-9,12-16,22-23,31H,2-4,10-11,17-20H2,1H3,(H,32,34). The fourth-order valence-corrected chi connectivity index (χ4v) is 7.74. The van der Waals surface area contributed by atoms with Gasteiger partial charge in [-0.15, -0.1) is 0 Å². The first-order valence-electron chi connectivity index (χ1n) is 13.6. The van der Waals surface area contributed by atoms with Crippen molar-refractivity contribution in [1.29, 1.82) is 0 Å². The first-order valence-corrected chi connectivity index (χ1v) is 15.1. The lowest BCUT2D eigenvalue weighted by molar-refractivity contribution is -0.132. The van der Waals surface area contributed by atoms with E-state index in [2.05, 4.69) is 10.6 Å². The molecule has 0 unspecified atom stereocenters. The van der Waals surface area contributed by atoms with Gasteiger partial charge in [0.2, 0.25) is 5.91 Å². The summed E-state index contributed by atoms with van der Waals surface area (Å²) in [7, 11) is -4.13. The van der Waals surface area contributed by atoms with Crippen molar-refractivity contribution in [1.82, 2.24) is 9.62 Å². The minimum Gasteiger partial charge on any atom is -0.321 e. The van der Waals surface area contributed by atoms with Crippen molar-refractivity contribution in [2.45, 2.75) is 62.8 Å². The molecule has 1 aliphatic heterocycles. The molecule has 5 rings (SSSR count). The van der Waals surface area contributed by atoms with Crippen LogP contribution in [-0.2, 0) is 21.2 Å². The Morgan fingerprint density at radius 1 is 0.895 bits per heavy atom. The molecule has 2 N–H and O–H groups in total. The first-order chi connectivity index (χ1) is 18.4. The molecule has 8 heteroatoms. The van der Waals surface area contributed by atoms with E-state index in [0.717, 1.165) is 37.7 Å². The Balaban J connectivity index is 1.55. The Morgan fingerprint density at radius 2 is 1.55 bits per heavy atom. The zero-order valence-electron chi connectivity index (χ0n) is 21.8. The molecule has 2 aliphatic rings. The van der Waals surface area contributed by atoms with Gasteiger partial charge in [0.25, 0.3) is 15.9 Å². The molecule has 7 nitrogen and oxygen atoms in total. The van der Waals surface area contributed by atoms with Gasteiger partial charge in [-0.05, 0) is 69.0 Å². The van der Waals surface area contributed by atoms with Crippen LogP contribution in [0.4, 0.5) is 5.69 Å². The zero-order chi connectivity index (χ0) is 26.7. The number of benzene rings is 3. The normalized spacial score (nSPS) is 17.0. The minimum absolute atomic E-state index is 0.102. The molecule has 2 fully saturated rings. The zero-order valence-corrected chi connectivity index (χ0v) is 22.6. The van der Waals surface area contributed by atoms with Crippen LogP contribution in [0.2, 0.25) is 0 Å². The fourth-order valence-electron chi connectivity index (χ4n) is 5.84. The monoisotopic (exact) mass is 533 g/mol. The molecule has 3 aromatic rings. The lowest BCUT2D eigenvalue weighted by Gasteiger charge is -2.35. The van der Waals surface area contributed by atoms with E-state index in [1.54, 1.807) is 24.3 Å². The van der Waals surface area contributed by atoms with E-state index >= 15 is 0 Å². The summed E-state index contributed by atoms with van der Waals surface area (Å²) in [6.07, 6.45) is 5.30. The molecule has 1 saturated heterocycles. The number of hydrogen-bond acceptors (Lipinski definition) is 5. The van der Waals surface area contributed by atoms with Crippen LogP contribution in [0, 0.1) is 5.92 Å². The maximum atomic E-state index is 14.3. The number of anilines is 1. The van der Waals surface area contributed by atoms with Crippen molar-refractivity contribution in [3.05, 3.63) is 71.8 Å². The predicted molar refractivity (Wildman–Crippen MR) is 150 cm³/mol. The van der Waals surface area contributed by atoms with Gasteiger partial charge in [-0.2, -0.15) is 0 Å². The van der Waals surface area contributed by atoms with E-state index in [4.69, 9.17) is 0 Å². The number of nitrogens with one attached hydrogen (secondary N) is 2. The molecule has 0 radical (unpaired) electrons. The highest BCUT2D eigenvalue weighted by Gasteiger charge is 2.40. The highest BCUT2D eigenvalue weighted by molar-refractivity contribution is 7.90. The van der Waals surface area contributed by atoms with Crippen molar-refractivity contribution < 1.29 is 18.0 Å². The van der Waals surface area contributed by atoms with Crippen LogP contribution in [0.15, 0.2) is 65.6 Å². The number of amides is 2. The minimum atomic E-state index is -4.13. The Hall–Kier alpha value is -3.23. The van der Waals surface area contributed by atoms with Crippen LogP contribution in [0.5, 0.6) is 0 Å². The third kappa shape index (κ3) is 5.07. The lowest BCUT2D eigenvalue weighted by atomic mass is 10.0. The Morgan fingerprint density at radius 3 is 2.26 bits per heavy atom. The van der Waals surface area contributed by atoms with Gasteiger partial charge in [0, 0.05) is 27.9 Å². The molecule has 38 heavy (non-hydrogen) atoms. The smallest absolute Gasteiger partial charge is 0.267 e. The van der Waals surface area contributed by atoms with E-state index in [1.807, 2.05) is 37.3 Å². The SMILES string of the molecule is CCc1ccccc1C(=O)Nc1ccc(S(=O)(=O)N(C(=O)C2CCCC2)C2CCNCC2)c2ccccc12. The maximum absolute atomic E-state index is 14.3. The molecule has 0 atom stereocenters. The summed E-state index contributed by atoms with van der Waals surface area (Å²) in [5.74, 6) is -0.758. The number of sulfonamides is 1. The van der Waals surface area contributed by atoms with Gasteiger partial charge in [-0.25, -0.2) is 12.7 Å². The number of piperidine rings is 1. The molecule has 1 heterocycles. The Labute approximate surface area is 224 Å². The fraction of sp³-hybridized carbons (Fsp3) is 0.400. The Kier molecular flexibility index (Phi) is 7.81. The molecular formula is C30H35N3O4S. The van der Waals surface area contributed by atoms with E-state index in [0.29, 0.717) is 48.0 Å². The van der Waals surface area contributed by atoms with Crippen LogP contribution in [0.25, 0.3) is 10.8 Å². The number of carbonyl (C=O) groups excluding carboxylic acids is 2. The van der Waals surface area contributed by atoms with Gasteiger partial charge >= 0.3 is 0 Å². The summed E-state index contributed by atoms with van der Waals surface area (Å²) in [5.41, 5.74) is 2.07. The Bertz CT molecular complexity index is 1440. The van der Waals surface area contributed by atoms with Crippen LogP contribution in [0.1, 0.15) is 61.4 Å². The van der Waals surface area contributed by atoms with Crippen molar-refractivity contribution in [3.63, 3.8) is 0 Å². The van der Waals surface area contributed by atoms with E-state index in [-0.39, 0.29) is 28.7 Å². The number of fused-ring (bicyclic) bond motifs is 1. The van der Waals surface area contributed by atoms with Gasteiger partial charge in [-0.1, -0.05) is 62.2 Å². The van der Waals surface area contributed by atoms with Crippen molar-refractivity contribution in [2.24, 2.45) is 5.92 Å². The van der Waals surface area contributed by atoms with Gasteiger partial charge in [0.1, 0.15) is 0 Å². The third-order valence-corrected chi connectivity index (χ3v) is 9.78. The van der Waals surface area contributed by atoms with Crippen molar-refractivity contribution in [2.75, 3.05) is 18.4 Å². The average molecular weight is 534 g/mol. The van der Waals surface area contributed by atoms with Crippen molar-refractivity contribution >= 4 is 38.3 Å². The highest BCUT2D eigenvalue weighted by Crippen LogP contribution is 2.36. The summed E-state index contributed by atoms with van der Waals surface area (Å²) in [6, 6.07) is 17.4. The number of hydrogen-bond donors (Lipinski definition) is 2. The quantitative estimate of drug-likeness (QED) is 0.440. The second-order valence-electron chi connectivity index (χ2n) is 10.2. The summed E-state index contributed by atoms with van der Waals surface area (Å²) in [6.45, 7) is 3.36. The molecule has 2 amide bonds. The molecule has 1 saturated carbocycles. The predicted octanol–water partition coefficient (Wildman–Crippen LogP) is 5.11. The van der Waals surface area contributed by atoms with Crippen LogP contribution in [0.3, 0.4) is 0 Å². The van der Waals surface area contributed by atoms with E-state index in [1.165, 1.54) is 10.4 Å². The van der Waals surface area contributed by atoms with Gasteiger partial charge in [-0.3, -0.25) is 9.59 Å². The number of nitrogens with zero attached hydrogens (tertiary/aromatic N) is 1. The topological polar surface area (TPSA) is 95.6 Å². The van der Waals surface area contributed by atoms with E-state index < -0.39 is 10.0 Å². The average Bonchev–Trinajstić information content (AvgIpc) is 3.49. The first kappa shape index (κ1) is 26.4. The van der Waals surface area contributed by atoms with Crippen LogP contribution in [-0.4, -0.2) is 43.7 Å². The highest BCUT2D eigenvalue weighted by atomic mass is 32.2. The van der Waals surface area contributed by atoms with Crippen LogP contribution >= 0.6 is 0 Å². The molecule has 0 spiro atoms. The molecule has 0 aromatic heterocycles. The van der Waals surface area contributed by atoms with Crippen molar-refractivity contribution in [3.8, 4) is 0 Å². The van der Waals surface area contributed by atoms with Gasteiger partial charge in [0.15, 0.2) is 0 Å². The number of carbonyl (C=O) groups is 2. The van der Waals surface area contributed by atoms with E-state index in [9.17, 15) is 18.0 Å². The number of rotatable bonds is 7. The summed E-state index contributed by atoms with van der Waals surface area (Å²) in [4.78, 5) is 27.0. The molecular weight excluding hydrogens is 498 g/mol. The summed E-state index contributed by atoms with van der Waals surface area (Å²) < 4.78 is 29.8. The van der Waals surface area contributed by atoms with Gasteiger partial charge < -0.3 is 10.6 Å². The van der Waals surface area contributed by atoms with Gasteiger partial charge in [0.05, 0.1) is 10.9 Å². The molecule has 1 aliphatic carbocycles.